The minimum Gasteiger partial charge on any atom is -0.393 e. The Morgan fingerprint density at radius 3 is 1.50 bits per heavy atom. The van der Waals surface area contributed by atoms with Gasteiger partial charge in [0.1, 0.15) is 0 Å². The van der Waals surface area contributed by atoms with Crippen molar-refractivity contribution in [1.29, 1.82) is 0 Å². The molecule has 0 saturated heterocycles. The van der Waals surface area contributed by atoms with E-state index in [0.29, 0.717) is 5.92 Å². The van der Waals surface area contributed by atoms with E-state index in [1.165, 1.54) is 64.2 Å². The summed E-state index contributed by atoms with van der Waals surface area (Å²) >= 11 is 0. The van der Waals surface area contributed by atoms with Gasteiger partial charge >= 0.3 is 0 Å². The molecule has 0 aromatic heterocycles. The molecule has 18 heavy (non-hydrogen) atoms. The summed E-state index contributed by atoms with van der Waals surface area (Å²) in [6.07, 6.45) is 14.6. The summed E-state index contributed by atoms with van der Waals surface area (Å²) in [4.78, 5) is 0. The molecule has 1 N–H and O–H groups in total. The van der Waals surface area contributed by atoms with E-state index in [0.717, 1.165) is 6.42 Å². The molecule has 112 valence electrons. The normalized spacial score (nSPS) is 12.5. The van der Waals surface area contributed by atoms with Crippen molar-refractivity contribution in [3.63, 3.8) is 0 Å². The topological polar surface area (TPSA) is 20.2 Å². The van der Waals surface area contributed by atoms with E-state index in [9.17, 15) is 5.11 Å². The lowest BCUT2D eigenvalue weighted by molar-refractivity contribution is 0.113. The van der Waals surface area contributed by atoms with Crippen molar-refractivity contribution in [2.24, 2.45) is 5.92 Å². The molecular weight excluding hydrogens is 220 g/mol. The monoisotopic (exact) mass is 258 g/mol. The van der Waals surface area contributed by atoms with E-state index in [1.807, 2.05) is 0 Å². The lowest BCUT2D eigenvalue weighted by atomic mass is 10.00. The van der Waals surface area contributed by atoms with Crippen LogP contribution in [-0.4, -0.2) is 11.2 Å². The van der Waals surface area contributed by atoms with Crippen molar-refractivity contribution in [2.75, 3.05) is 0 Å². The van der Waals surface area contributed by atoms with Crippen molar-refractivity contribution in [3.8, 4) is 0 Å². The van der Waals surface area contributed by atoms with Crippen molar-refractivity contribution in [2.45, 2.75) is 105 Å². The molecular formula is C17H38O. The van der Waals surface area contributed by atoms with E-state index in [2.05, 4.69) is 20.8 Å². The molecule has 0 aromatic carbocycles. The first-order valence-corrected chi connectivity index (χ1v) is 7.86. The highest BCUT2D eigenvalue weighted by molar-refractivity contribution is 4.59. The Morgan fingerprint density at radius 2 is 1.11 bits per heavy atom. The summed E-state index contributed by atoms with van der Waals surface area (Å²) in [5.41, 5.74) is 0. The first kappa shape index (κ1) is 20.3. The molecule has 0 amide bonds. The van der Waals surface area contributed by atoms with Gasteiger partial charge in [0.05, 0.1) is 6.10 Å². The Balaban J connectivity index is 0. The third-order valence-corrected chi connectivity index (χ3v) is 3.62. The highest BCUT2D eigenvalue weighted by Crippen LogP contribution is 2.14. The molecule has 0 fully saturated rings. The van der Waals surface area contributed by atoms with Gasteiger partial charge in [0.2, 0.25) is 0 Å². The number of aliphatic hydroxyl groups is 1. The van der Waals surface area contributed by atoms with Crippen LogP contribution in [0.1, 0.15) is 98.8 Å². The zero-order valence-electron chi connectivity index (χ0n) is 12.4. The maximum atomic E-state index is 9.65. The Kier molecular flexibility index (Phi) is 16.9. The predicted octanol–water partition coefficient (Wildman–Crippen LogP) is 5.95. The second-order valence-corrected chi connectivity index (χ2v) is 5.78. The van der Waals surface area contributed by atoms with Crippen molar-refractivity contribution in [3.05, 3.63) is 0 Å². The smallest absolute Gasteiger partial charge is 0.0563 e. The summed E-state index contributed by atoms with van der Waals surface area (Å²) in [6.45, 7) is 6.47. The molecule has 0 spiro atoms. The van der Waals surface area contributed by atoms with Crippen LogP contribution in [0.3, 0.4) is 0 Å². The minimum absolute atomic E-state index is 0. The summed E-state index contributed by atoms with van der Waals surface area (Å²) in [7, 11) is 0. The zero-order chi connectivity index (χ0) is 12.9. The number of rotatable bonds is 12. The van der Waals surface area contributed by atoms with Gasteiger partial charge in [-0.15, -0.1) is 0 Å². The first-order chi connectivity index (χ1) is 8.18. The zero-order valence-corrected chi connectivity index (χ0v) is 12.4. The molecule has 0 aliphatic carbocycles. The summed E-state index contributed by atoms with van der Waals surface area (Å²) < 4.78 is 0. The van der Waals surface area contributed by atoms with Gasteiger partial charge in [0.15, 0.2) is 0 Å². The van der Waals surface area contributed by atoms with Crippen LogP contribution in [0.15, 0.2) is 0 Å². The van der Waals surface area contributed by atoms with E-state index < -0.39 is 0 Å². The van der Waals surface area contributed by atoms with Gasteiger partial charge < -0.3 is 5.11 Å². The van der Waals surface area contributed by atoms with E-state index in [-0.39, 0.29) is 13.5 Å². The van der Waals surface area contributed by atoms with Gasteiger partial charge in [0.25, 0.3) is 0 Å². The molecule has 0 aliphatic heterocycles. The fraction of sp³-hybridized carbons (Fsp3) is 1.00. The highest BCUT2D eigenvalue weighted by Gasteiger charge is 2.07. The van der Waals surface area contributed by atoms with E-state index in [1.54, 1.807) is 0 Å². The second kappa shape index (κ2) is 15.0. The van der Waals surface area contributed by atoms with Gasteiger partial charge in [-0.3, -0.25) is 0 Å². The molecule has 1 heteroatoms. The summed E-state index contributed by atoms with van der Waals surface area (Å²) in [5, 5.41) is 9.65. The maximum absolute atomic E-state index is 9.65. The van der Waals surface area contributed by atoms with Crippen LogP contribution in [0.25, 0.3) is 0 Å². The highest BCUT2D eigenvalue weighted by atomic mass is 16.3. The Bertz CT molecular complexity index is 143. The molecule has 0 aromatic rings. The molecule has 1 nitrogen and oxygen atoms in total. The maximum Gasteiger partial charge on any atom is 0.0563 e. The average Bonchev–Trinajstić information content (AvgIpc) is 2.31. The first-order valence-electron chi connectivity index (χ1n) is 7.86. The predicted molar refractivity (Wildman–Crippen MR) is 84.0 cm³/mol. The van der Waals surface area contributed by atoms with Gasteiger partial charge in [-0.05, 0) is 12.3 Å². The van der Waals surface area contributed by atoms with Crippen LogP contribution < -0.4 is 0 Å². The summed E-state index contributed by atoms with van der Waals surface area (Å²) in [6, 6.07) is 0. The Hall–Kier alpha value is -0.0400. The lowest BCUT2D eigenvalue weighted by Crippen LogP contribution is -2.13. The SMILES string of the molecule is C.CCCCCCCCCCCC[C@@H](O)C(C)C. The van der Waals surface area contributed by atoms with Crippen LogP contribution in [0.4, 0.5) is 0 Å². The summed E-state index contributed by atoms with van der Waals surface area (Å²) in [5.74, 6) is 0.425. The minimum atomic E-state index is -0.0796. The Labute approximate surface area is 116 Å². The number of hydrogen-bond acceptors (Lipinski definition) is 1. The standard InChI is InChI=1S/C16H34O.CH4/c1-4-5-6-7-8-9-10-11-12-13-14-16(17)15(2)3;/h15-17H,4-14H2,1-3H3;1H4/t16-;/m1./s1. The largest absolute Gasteiger partial charge is 0.393 e. The van der Waals surface area contributed by atoms with Gasteiger partial charge in [-0.1, -0.05) is 92.4 Å². The molecule has 0 rings (SSSR count). The van der Waals surface area contributed by atoms with Crippen LogP contribution in [0.2, 0.25) is 0 Å². The van der Waals surface area contributed by atoms with Crippen LogP contribution in [0, 0.1) is 5.92 Å². The number of aliphatic hydroxyl groups excluding tert-OH is 1. The molecule has 1 atom stereocenters. The molecule has 0 bridgehead atoms. The second-order valence-electron chi connectivity index (χ2n) is 5.78. The van der Waals surface area contributed by atoms with Crippen LogP contribution in [-0.2, 0) is 0 Å². The molecule has 0 aliphatic rings. The van der Waals surface area contributed by atoms with Crippen LogP contribution >= 0.6 is 0 Å². The number of hydrogen-bond donors (Lipinski definition) is 1. The molecule has 0 heterocycles. The average molecular weight is 258 g/mol. The van der Waals surface area contributed by atoms with Gasteiger partial charge in [-0.25, -0.2) is 0 Å². The van der Waals surface area contributed by atoms with Crippen LogP contribution in [0.5, 0.6) is 0 Å². The lowest BCUT2D eigenvalue weighted by Gasteiger charge is -2.13. The third-order valence-electron chi connectivity index (χ3n) is 3.62. The fourth-order valence-corrected chi connectivity index (χ4v) is 2.17. The third kappa shape index (κ3) is 14.0. The number of unbranched alkanes of at least 4 members (excludes halogenated alkanes) is 9. The fourth-order valence-electron chi connectivity index (χ4n) is 2.17. The van der Waals surface area contributed by atoms with Gasteiger partial charge in [-0.2, -0.15) is 0 Å². The van der Waals surface area contributed by atoms with Crippen molar-refractivity contribution >= 4 is 0 Å². The quantitative estimate of drug-likeness (QED) is 0.429. The Morgan fingerprint density at radius 1 is 0.722 bits per heavy atom. The van der Waals surface area contributed by atoms with E-state index in [4.69, 9.17) is 0 Å². The van der Waals surface area contributed by atoms with Gasteiger partial charge in [0, 0.05) is 0 Å². The molecule has 0 saturated carbocycles. The molecule has 0 unspecified atom stereocenters. The van der Waals surface area contributed by atoms with E-state index >= 15 is 0 Å². The molecule has 0 radical (unpaired) electrons. The van der Waals surface area contributed by atoms with Crippen molar-refractivity contribution in [1.82, 2.24) is 0 Å². The van der Waals surface area contributed by atoms with Crippen molar-refractivity contribution < 1.29 is 5.11 Å².